The Hall–Kier alpha value is -1.91. The van der Waals surface area contributed by atoms with Crippen LogP contribution in [0.1, 0.15) is 0 Å². The second-order valence-electron chi connectivity index (χ2n) is 3.21. The third-order valence-corrected chi connectivity index (χ3v) is 2.06. The van der Waals surface area contributed by atoms with Gasteiger partial charge in [-0.2, -0.15) is 0 Å². The Morgan fingerprint density at radius 2 is 1.81 bits per heavy atom. The SMILES string of the molecule is Oc1cccc2cc(OC(F)(F)F)ccc12. The molecular weight excluding hydrogens is 221 g/mol. The maximum absolute atomic E-state index is 11.9. The summed E-state index contributed by atoms with van der Waals surface area (Å²) in [6.07, 6.45) is -4.70. The summed E-state index contributed by atoms with van der Waals surface area (Å²) in [5, 5.41) is 10.4. The third-order valence-electron chi connectivity index (χ3n) is 2.06. The first-order valence-corrected chi connectivity index (χ1v) is 4.43. The smallest absolute Gasteiger partial charge is 0.507 e. The van der Waals surface area contributed by atoms with Crippen LogP contribution in [0.3, 0.4) is 0 Å². The van der Waals surface area contributed by atoms with Gasteiger partial charge < -0.3 is 9.84 Å². The summed E-state index contributed by atoms with van der Waals surface area (Å²) in [5.74, 6) is -0.276. The number of hydrogen-bond acceptors (Lipinski definition) is 2. The van der Waals surface area contributed by atoms with Crippen molar-refractivity contribution in [1.29, 1.82) is 0 Å². The Labute approximate surface area is 88.9 Å². The highest BCUT2D eigenvalue weighted by molar-refractivity contribution is 5.89. The van der Waals surface area contributed by atoms with Gasteiger partial charge in [0.2, 0.25) is 0 Å². The Bertz CT molecular complexity index is 520. The van der Waals surface area contributed by atoms with Gasteiger partial charge in [0, 0.05) is 5.39 Å². The number of alkyl halides is 3. The lowest BCUT2D eigenvalue weighted by atomic mass is 10.1. The molecule has 0 saturated heterocycles. The molecule has 0 amide bonds. The lowest BCUT2D eigenvalue weighted by molar-refractivity contribution is -0.274. The lowest BCUT2D eigenvalue weighted by Gasteiger charge is -2.09. The molecule has 0 saturated carbocycles. The van der Waals surface area contributed by atoms with Crippen molar-refractivity contribution in [3.63, 3.8) is 0 Å². The molecule has 0 radical (unpaired) electrons. The van der Waals surface area contributed by atoms with E-state index in [0.29, 0.717) is 10.8 Å². The molecule has 2 nitrogen and oxygen atoms in total. The number of benzene rings is 2. The van der Waals surface area contributed by atoms with Gasteiger partial charge in [-0.3, -0.25) is 0 Å². The summed E-state index contributed by atoms with van der Waals surface area (Å²) in [4.78, 5) is 0. The summed E-state index contributed by atoms with van der Waals surface area (Å²) < 4.78 is 39.6. The van der Waals surface area contributed by atoms with Crippen LogP contribution in [0.5, 0.6) is 11.5 Å². The lowest BCUT2D eigenvalue weighted by Crippen LogP contribution is -2.16. The van der Waals surface area contributed by atoms with Crippen molar-refractivity contribution in [3.8, 4) is 11.5 Å². The summed E-state index contributed by atoms with van der Waals surface area (Å²) >= 11 is 0. The number of aromatic hydroxyl groups is 1. The van der Waals surface area contributed by atoms with Crippen LogP contribution in [0.2, 0.25) is 0 Å². The van der Waals surface area contributed by atoms with E-state index < -0.39 is 6.36 Å². The zero-order valence-corrected chi connectivity index (χ0v) is 7.95. The topological polar surface area (TPSA) is 29.5 Å². The Kier molecular flexibility index (Phi) is 2.38. The van der Waals surface area contributed by atoms with Crippen molar-refractivity contribution >= 4 is 10.8 Å². The number of fused-ring (bicyclic) bond motifs is 1. The Morgan fingerprint density at radius 3 is 2.50 bits per heavy atom. The molecule has 0 bridgehead atoms. The van der Waals surface area contributed by atoms with E-state index in [1.807, 2.05) is 0 Å². The van der Waals surface area contributed by atoms with E-state index >= 15 is 0 Å². The molecule has 0 aliphatic heterocycles. The van der Waals surface area contributed by atoms with Crippen molar-refractivity contribution in [2.24, 2.45) is 0 Å². The molecule has 0 heterocycles. The van der Waals surface area contributed by atoms with Crippen molar-refractivity contribution < 1.29 is 23.0 Å². The Morgan fingerprint density at radius 1 is 1.06 bits per heavy atom. The van der Waals surface area contributed by atoms with E-state index in [4.69, 9.17) is 0 Å². The average molecular weight is 228 g/mol. The van der Waals surface area contributed by atoms with Gasteiger partial charge in [-0.05, 0) is 29.7 Å². The molecule has 1 N–H and O–H groups in total. The predicted octanol–water partition coefficient (Wildman–Crippen LogP) is 3.44. The molecule has 2 aromatic rings. The molecule has 0 fully saturated rings. The van der Waals surface area contributed by atoms with Gasteiger partial charge in [-0.25, -0.2) is 0 Å². The minimum atomic E-state index is -4.70. The van der Waals surface area contributed by atoms with Gasteiger partial charge in [-0.15, -0.1) is 13.2 Å². The summed E-state index contributed by atoms with van der Waals surface area (Å²) in [5.41, 5.74) is 0. The van der Waals surface area contributed by atoms with E-state index in [2.05, 4.69) is 4.74 Å². The van der Waals surface area contributed by atoms with Crippen LogP contribution in [-0.2, 0) is 0 Å². The quantitative estimate of drug-likeness (QED) is 0.810. The average Bonchev–Trinajstić information content (AvgIpc) is 2.15. The highest BCUT2D eigenvalue weighted by Crippen LogP contribution is 2.30. The minimum Gasteiger partial charge on any atom is -0.507 e. The van der Waals surface area contributed by atoms with Gasteiger partial charge in [0.15, 0.2) is 0 Å². The number of hydrogen-bond donors (Lipinski definition) is 1. The maximum Gasteiger partial charge on any atom is 0.573 e. The number of phenolic OH excluding ortho intramolecular Hbond substituents is 1. The highest BCUT2D eigenvalue weighted by atomic mass is 19.4. The molecule has 2 aromatic carbocycles. The van der Waals surface area contributed by atoms with E-state index in [1.54, 1.807) is 12.1 Å². The maximum atomic E-state index is 11.9. The first kappa shape index (κ1) is 10.6. The first-order chi connectivity index (χ1) is 7.46. The van der Waals surface area contributed by atoms with Crippen LogP contribution in [0.25, 0.3) is 10.8 Å². The monoisotopic (exact) mass is 228 g/mol. The van der Waals surface area contributed by atoms with Crippen molar-refractivity contribution in [1.82, 2.24) is 0 Å². The second kappa shape index (κ2) is 3.59. The van der Waals surface area contributed by atoms with Crippen LogP contribution >= 0.6 is 0 Å². The van der Waals surface area contributed by atoms with E-state index in [9.17, 15) is 18.3 Å². The molecule has 5 heteroatoms. The van der Waals surface area contributed by atoms with Gasteiger partial charge in [0.05, 0.1) is 0 Å². The Balaban J connectivity index is 2.45. The summed E-state index contributed by atoms with van der Waals surface area (Å²) in [6.45, 7) is 0. The van der Waals surface area contributed by atoms with Crippen LogP contribution in [0.4, 0.5) is 13.2 Å². The van der Waals surface area contributed by atoms with Gasteiger partial charge >= 0.3 is 6.36 Å². The zero-order chi connectivity index (χ0) is 11.8. The highest BCUT2D eigenvalue weighted by Gasteiger charge is 2.31. The fourth-order valence-electron chi connectivity index (χ4n) is 1.44. The van der Waals surface area contributed by atoms with Crippen molar-refractivity contribution in [2.75, 3.05) is 0 Å². The molecule has 0 unspecified atom stereocenters. The molecule has 2 rings (SSSR count). The van der Waals surface area contributed by atoms with Crippen LogP contribution in [0, 0.1) is 0 Å². The van der Waals surface area contributed by atoms with Gasteiger partial charge in [0.25, 0.3) is 0 Å². The molecule has 0 aliphatic rings. The van der Waals surface area contributed by atoms with Crippen molar-refractivity contribution in [3.05, 3.63) is 36.4 Å². The van der Waals surface area contributed by atoms with Crippen LogP contribution in [0.15, 0.2) is 36.4 Å². The van der Waals surface area contributed by atoms with Crippen molar-refractivity contribution in [2.45, 2.75) is 6.36 Å². The molecule has 0 atom stereocenters. The first-order valence-electron chi connectivity index (χ1n) is 4.43. The normalized spacial score (nSPS) is 11.7. The largest absolute Gasteiger partial charge is 0.573 e. The molecule has 84 valence electrons. The van der Waals surface area contributed by atoms with Gasteiger partial charge in [0.1, 0.15) is 11.5 Å². The standard InChI is InChI=1S/C11H7F3O2/c12-11(13,14)16-8-4-5-9-7(6-8)2-1-3-10(9)15/h1-6,15H. The summed E-state index contributed by atoms with van der Waals surface area (Å²) in [6, 6.07) is 8.38. The predicted molar refractivity (Wildman–Crippen MR) is 52.3 cm³/mol. The van der Waals surface area contributed by atoms with E-state index in [1.165, 1.54) is 18.2 Å². The number of halogens is 3. The second-order valence-corrected chi connectivity index (χ2v) is 3.21. The third kappa shape index (κ3) is 2.18. The molecule has 0 spiro atoms. The minimum absolute atomic E-state index is 0.0241. The molecular formula is C11H7F3O2. The number of ether oxygens (including phenoxy) is 1. The van der Waals surface area contributed by atoms with E-state index in [0.717, 1.165) is 6.07 Å². The zero-order valence-electron chi connectivity index (χ0n) is 7.95. The fourth-order valence-corrected chi connectivity index (χ4v) is 1.44. The molecule has 16 heavy (non-hydrogen) atoms. The van der Waals surface area contributed by atoms with E-state index in [-0.39, 0.29) is 11.5 Å². The number of phenols is 1. The fraction of sp³-hybridized carbons (Fsp3) is 0.0909. The molecule has 0 aromatic heterocycles. The van der Waals surface area contributed by atoms with Crippen LogP contribution in [-0.4, -0.2) is 11.5 Å². The number of rotatable bonds is 1. The molecule has 0 aliphatic carbocycles. The van der Waals surface area contributed by atoms with Crippen LogP contribution < -0.4 is 4.74 Å². The van der Waals surface area contributed by atoms with Gasteiger partial charge in [-0.1, -0.05) is 12.1 Å². The summed E-state index contributed by atoms with van der Waals surface area (Å²) in [7, 11) is 0.